The molecule has 0 amide bonds. The van der Waals surface area contributed by atoms with Crippen LogP contribution in [-0.4, -0.2) is 12.6 Å². The van der Waals surface area contributed by atoms with E-state index in [2.05, 4.69) is 59.4 Å². The maximum absolute atomic E-state index is 3.81. The first-order valence-corrected chi connectivity index (χ1v) is 9.00. The van der Waals surface area contributed by atoms with Crippen molar-refractivity contribution in [3.63, 3.8) is 0 Å². The lowest BCUT2D eigenvalue weighted by molar-refractivity contribution is 0.344. The highest BCUT2D eigenvalue weighted by molar-refractivity contribution is 9.10. The Balaban J connectivity index is 2.00. The van der Waals surface area contributed by atoms with Gasteiger partial charge in [0.15, 0.2) is 0 Å². The number of halogens is 1. The fraction of sp³-hybridized carbons (Fsp3) is 0.667. The summed E-state index contributed by atoms with van der Waals surface area (Å²) in [4.78, 5) is 0. The van der Waals surface area contributed by atoms with Gasteiger partial charge in [0.1, 0.15) is 0 Å². The molecule has 1 nitrogen and oxygen atoms in total. The highest BCUT2D eigenvalue weighted by Crippen LogP contribution is 2.35. The summed E-state index contributed by atoms with van der Waals surface area (Å²) in [7, 11) is 0. The van der Waals surface area contributed by atoms with Crippen molar-refractivity contribution in [2.45, 2.75) is 58.4 Å². The molecule has 2 rings (SSSR count). The van der Waals surface area contributed by atoms with E-state index in [4.69, 9.17) is 0 Å². The summed E-state index contributed by atoms with van der Waals surface area (Å²) < 4.78 is 1.20. The molecule has 1 aromatic rings. The standard InChI is InChI=1S/C18H28BrN/c1-3-10-20-18(16-9-8-14(4-2)11-16)13-15-6-5-7-17(19)12-15/h5-7,12,14,16,18,20H,3-4,8-11,13H2,1-2H3. The Morgan fingerprint density at radius 3 is 2.80 bits per heavy atom. The Bertz CT molecular complexity index is 404. The van der Waals surface area contributed by atoms with Crippen LogP contribution < -0.4 is 5.32 Å². The van der Waals surface area contributed by atoms with Gasteiger partial charge >= 0.3 is 0 Å². The predicted octanol–water partition coefficient (Wildman–Crippen LogP) is 5.19. The van der Waals surface area contributed by atoms with Gasteiger partial charge in [0.2, 0.25) is 0 Å². The second-order valence-corrected chi connectivity index (χ2v) is 7.16. The second-order valence-electron chi connectivity index (χ2n) is 6.24. The summed E-state index contributed by atoms with van der Waals surface area (Å²) in [5.74, 6) is 1.83. The number of rotatable bonds is 7. The van der Waals surface area contributed by atoms with Crippen LogP contribution in [-0.2, 0) is 6.42 Å². The Labute approximate surface area is 132 Å². The van der Waals surface area contributed by atoms with Crippen LogP contribution in [0.2, 0.25) is 0 Å². The van der Waals surface area contributed by atoms with Gasteiger partial charge in [-0.3, -0.25) is 0 Å². The average Bonchev–Trinajstić information content (AvgIpc) is 2.92. The van der Waals surface area contributed by atoms with Gasteiger partial charge in [0, 0.05) is 10.5 Å². The zero-order chi connectivity index (χ0) is 14.4. The topological polar surface area (TPSA) is 12.0 Å². The Morgan fingerprint density at radius 2 is 2.15 bits per heavy atom. The second kappa shape index (κ2) is 8.19. The molecular formula is C18H28BrN. The maximum atomic E-state index is 3.81. The van der Waals surface area contributed by atoms with Crippen LogP contribution in [0.15, 0.2) is 28.7 Å². The van der Waals surface area contributed by atoms with E-state index in [0.717, 1.165) is 18.4 Å². The van der Waals surface area contributed by atoms with E-state index in [9.17, 15) is 0 Å². The number of benzene rings is 1. The smallest absolute Gasteiger partial charge is 0.0178 e. The molecule has 1 fully saturated rings. The summed E-state index contributed by atoms with van der Waals surface area (Å²) in [5, 5.41) is 3.81. The van der Waals surface area contributed by atoms with Gasteiger partial charge in [-0.15, -0.1) is 0 Å². The van der Waals surface area contributed by atoms with E-state index >= 15 is 0 Å². The summed E-state index contributed by atoms with van der Waals surface area (Å²) >= 11 is 3.59. The quantitative estimate of drug-likeness (QED) is 0.722. The normalized spacial score (nSPS) is 23.9. The van der Waals surface area contributed by atoms with Gasteiger partial charge in [-0.05, 0) is 61.8 Å². The van der Waals surface area contributed by atoms with Gasteiger partial charge in [-0.1, -0.05) is 54.8 Å². The molecule has 3 unspecified atom stereocenters. The lowest BCUT2D eigenvalue weighted by atomic mass is 9.91. The van der Waals surface area contributed by atoms with Gasteiger partial charge in [-0.25, -0.2) is 0 Å². The van der Waals surface area contributed by atoms with Crippen LogP contribution in [0.4, 0.5) is 0 Å². The SMILES string of the molecule is CCCNC(Cc1cccc(Br)c1)C1CCC(CC)C1. The van der Waals surface area contributed by atoms with Crippen LogP contribution in [0.25, 0.3) is 0 Å². The number of hydrogen-bond donors (Lipinski definition) is 1. The molecule has 1 saturated carbocycles. The molecule has 0 aliphatic heterocycles. The Morgan fingerprint density at radius 1 is 1.30 bits per heavy atom. The minimum atomic E-state index is 0.654. The highest BCUT2D eigenvalue weighted by Gasteiger charge is 2.29. The van der Waals surface area contributed by atoms with Gasteiger partial charge < -0.3 is 5.32 Å². The maximum Gasteiger partial charge on any atom is 0.0178 e. The lowest BCUT2D eigenvalue weighted by Crippen LogP contribution is -2.37. The molecule has 0 aromatic heterocycles. The highest BCUT2D eigenvalue weighted by atomic mass is 79.9. The van der Waals surface area contributed by atoms with Crippen LogP contribution >= 0.6 is 15.9 Å². The van der Waals surface area contributed by atoms with Gasteiger partial charge in [-0.2, -0.15) is 0 Å². The van der Waals surface area contributed by atoms with E-state index in [-0.39, 0.29) is 0 Å². The number of hydrogen-bond acceptors (Lipinski definition) is 1. The number of nitrogens with one attached hydrogen (secondary N) is 1. The van der Waals surface area contributed by atoms with Crippen molar-refractivity contribution in [1.29, 1.82) is 0 Å². The molecule has 0 spiro atoms. The fourth-order valence-electron chi connectivity index (χ4n) is 3.50. The monoisotopic (exact) mass is 337 g/mol. The van der Waals surface area contributed by atoms with Gasteiger partial charge in [0.25, 0.3) is 0 Å². The van der Waals surface area contributed by atoms with E-state index in [0.29, 0.717) is 6.04 Å². The largest absolute Gasteiger partial charge is 0.313 e. The van der Waals surface area contributed by atoms with Crippen molar-refractivity contribution < 1.29 is 0 Å². The van der Waals surface area contributed by atoms with Crippen LogP contribution in [0, 0.1) is 11.8 Å². The zero-order valence-electron chi connectivity index (χ0n) is 12.9. The van der Waals surface area contributed by atoms with Crippen LogP contribution in [0.5, 0.6) is 0 Å². The molecule has 2 heteroatoms. The van der Waals surface area contributed by atoms with Crippen molar-refractivity contribution in [3.05, 3.63) is 34.3 Å². The Hall–Kier alpha value is -0.340. The first-order valence-electron chi connectivity index (χ1n) is 8.20. The molecule has 0 heterocycles. The van der Waals surface area contributed by atoms with Crippen molar-refractivity contribution in [3.8, 4) is 0 Å². The molecule has 112 valence electrons. The van der Waals surface area contributed by atoms with Crippen molar-refractivity contribution in [2.24, 2.45) is 11.8 Å². The van der Waals surface area contributed by atoms with Gasteiger partial charge in [0.05, 0.1) is 0 Å². The van der Waals surface area contributed by atoms with Crippen molar-refractivity contribution >= 4 is 15.9 Å². The third-order valence-corrected chi connectivity index (χ3v) is 5.22. The van der Waals surface area contributed by atoms with E-state index < -0.39 is 0 Å². The molecule has 0 bridgehead atoms. The molecule has 1 aromatic carbocycles. The van der Waals surface area contributed by atoms with E-state index in [1.807, 2.05) is 0 Å². The third-order valence-electron chi connectivity index (χ3n) is 4.73. The molecule has 1 aliphatic carbocycles. The van der Waals surface area contributed by atoms with Crippen LogP contribution in [0.3, 0.4) is 0 Å². The minimum absolute atomic E-state index is 0.654. The molecule has 0 radical (unpaired) electrons. The molecular weight excluding hydrogens is 310 g/mol. The minimum Gasteiger partial charge on any atom is -0.313 e. The Kier molecular flexibility index (Phi) is 6.57. The predicted molar refractivity (Wildman–Crippen MR) is 91.0 cm³/mol. The first-order chi connectivity index (χ1) is 9.72. The molecule has 1 aliphatic rings. The fourth-order valence-corrected chi connectivity index (χ4v) is 3.95. The average molecular weight is 338 g/mol. The summed E-state index contributed by atoms with van der Waals surface area (Å²) in [6.45, 7) is 5.74. The first kappa shape index (κ1) is 16.0. The van der Waals surface area contributed by atoms with Crippen molar-refractivity contribution in [1.82, 2.24) is 5.32 Å². The molecule has 20 heavy (non-hydrogen) atoms. The van der Waals surface area contributed by atoms with Crippen molar-refractivity contribution in [2.75, 3.05) is 6.54 Å². The van der Waals surface area contributed by atoms with E-state index in [1.165, 1.54) is 48.6 Å². The summed E-state index contributed by atoms with van der Waals surface area (Å²) in [6.07, 6.45) is 8.01. The zero-order valence-corrected chi connectivity index (χ0v) is 14.5. The molecule has 3 atom stereocenters. The van der Waals surface area contributed by atoms with E-state index in [1.54, 1.807) is 0 Å². The van der Waals surface area contributed by atoms with Crippen LogP contribution in [0.1, 0.15) is 51.5 Å². The third kappa shape index (κ3) is 4.60. The summed E-state index contributed by atoms with van der Waals surface area (Å²) in [5.41, 5.74) is 1.45. The molecule has 1 N–H and O–H groups in total. The summed E-state index contributed by atoms with van der Waals surface area (Å²) in [6, 6.07) is 9.45. The molecule has 0 saturated heterocycles. The lowest BCUT2D eigenvalue weighted by Gasteiger charge is -2.25.